The normalized spacial score (nSPS) is 17.4. The van der Waals surface area contributed by atoms with Crippen LogP contribution in [0.1, 0.15) is 30.1 Å². The highest BCUT2D eigenvalue weighted by Gasteiger charge is 2.18. The van der Waals surface area contributed by atoms with Crippen LogP contribution in [0.2, 0.25) is 0 Å². The molecule has 2 rings (SSSR count). The molecule has 1 aliphatic heterocycles. The summed E-state index contributed by atoms with van der Waals surface area (Å²) < 4.78 is 13.8. The van der Waals surface area contributed by atoms with E-state index >= 15 is 0 Å². The molecule has 1 atom stereocenters. The molecule has 0 radical (unpaired) electrons. The Labute approximate surface area is 121 Å². The molecular weight excluding hydrogens is 311 g/mol. The highest BCUT2D eigenvalue weighted by molar-refractivity contribution is 9.10. The second-order valence-electron chi connectivity index (χ2n) is 5.01. The van der Waals surface area contributed by atoms with Gasteiger partial charge in [-0.15, -0.1) is 0 Å². The van der Waals surface area contributed by atoms with Crippen LogP contribution in [0.25, 0.3) is 0 Å². The molecule has 1 N–H and O–H groups in total. The molecule has 0 aromatic heterocycles. The van der Waals surface area contributed by atoms with Crippen molar-refractivity contribution in [3.63, 3.8) is 0 Å². The van der Waals surface area contributed by atoms with Crippen LogP contribution in [0.15, 0.2) is 22.7 Å². The zero-order chi connectivity index (χ0) is 13.8. The first-order valence-electron chi connectivity index (χ1n) is 6.54. The third kappa shape index (κ3) is 4.01. The summed E-state index contributed by atoms with van der Waals surface area (Å²) in [5.41, 5.74) is 0.341. The second-order valence-corrected chi connectivity index (χ2v) is 5.86. The average molecular weight is 329 g/mol. The SMILES string of the molecule is CC(CN1CCCC1)NC(=O)c1cc(F)ccc1Br. The maximum absolute atomic E-state index is 13.2. The summed E-state index contributed by atoms with van der Waals surface area (Å²) in [6.45, 7) is 5.02. The first-order valence-corrected chi connectivity index (χ1v) is 7.34. The molecule has 1 saturated heterocycles. The Morgan fingerprint density at radius 3 is 2.84 bits per heavy atom. The maximum Gasteiger partial charge on any atom is 0.252 e. The summed E-state index contributed by atoms with van der Waals surface area (Å²) >= 11 is 3.27. The molecule has 0 aliphatic carbocycles. The molecule has 0 bridgehead atoms. The van der Waals surface area contributed by atoms with Crippen molar-refractivity contribution >= 4 is 21.8 Å². The van der Waals surface area contributed by atoms with E-state index in [4.69, 9.17) is 0 Å². The maximum atomic E-state index is 13.2. The van der Waals surface area contributed by atoms with Crippen molar-refractivity contribution < 1.29 is 9.18 Å². The van der Waals surface area contributed by atoms with E-state index in [1.165, 1.54) is 25.0 Å². The molecule has 1 aliphatic rings. The fourth-order valence-electron chi connectivity index (χ4n) is 2.37. The van der Waals surface area contributed by atoms with Gasteiger partial charge in [-0.2, -0.15) is 0 Å². The molecule has 0 saturated carbocycles. The van der Waals surface area contributed by atoms with Crippen LogP contribution >= 0.6 is 15.9 Å². The number of carbonyl (C=O) groups is 1. The van der Waals surface area contributed by atoms with E-state index in [1.54, 1.807) is 6.07 Å². The van der Waals surface area contributed by atoms with Crippen molar-refractivity contribution in [3.8, 4) is 0 Å². The van der Waals surface area contributed by atoms with Crippen molar-refractivity contribution in [2.75, 3.05) is 19.6 Å². The summed E-state index contributed by atoms with van der Waals surface area (Å²) in [4.78, 5) is 14.4. The molecule has 5 heteroatoms. The third-order valence-electron chi connectivity index (χ3n) is 3.28. The molecular formula is C14H18BrFN2O. The smallest absolute Gasteiger partial charge is 0.252 e. The quantitative estimate of drug-likeness (QED) is 0.921. The van der Waals surface area contributed by atoms with Gasteiger partial charge in [0.15, 0.2) is 0 Å². The fraction of sp³-hybridized carbons (Fsp3) is 0.500. The minimum Gasteiger partial charge on any atom is -0.348 e. The van der Waals surface area contributed by atoms with Crippen LogP contribution in [0, 0.1) is 5.82 Å². The topological polar surface area (TPSA) is 32.3 Å². The summed E-state index contributed by atoms with van der Waals surface area (Å²) in [5.74, 6) is -0.640. The molecule has 1 amide bonds. The highest BCUT2D eigenvalue weighted by Crippen LogP contribution is 2.18. The number of hydrogen-bond donors (Lipinski definition) is 1. The molecule has 1 heterocycles. The largest absolute Gasteiger partial charge is 0.348 e. The number of nitrogens with one attached hydrogen (secondary N) is 1. The lowest BCUT2D eigenvalue weighted by Crippen LogP contribution is -2.41. The Bertz CT molecular complexity index is 461. The van der Waals surface area contributed by atoms with Crippen LogP contribution in [-0.4, -0.2) is 36.5 Å². The lowest BCUT2D eigenvalue weighted by atomic mass is 10.2. The zero-order valence-electron chi connectivity index (χ0n) is 11.0. The minimum absolute atomic E-state index is 0.0563. The van der Waals surface area contributed by atoms with Crippen LogP contribution in [0.3, 0.4) is 0 Å². The van der Waals surface area contributed by atoms with Crippen molar-refractivity contribution in [2.24, 2.45) is 0 Å². The minimum atomic E-state index is -0.402. The standard InChI is InChI=1S/C14H18BrFN2O/c1-10(9-18-6-2-3-7-18)17-14(19)12-8-11(16)4-5-13(12)15/h4-5,8,10H,2-3,6-7,9H2,1H3,(H,17,19). The lowest BCUT2D eigenvalue weighted by Gasteiger charge is -2.21. The molecule has 0 spiro atoms. The molecule has 3 nitrogen and oxygen atoms in total. The number of amides is 1. The van der Waals surface area contributed by atoms with Gasteiger partial charge in [0.05, 0.1) is 5.56 Å². The van der Waals surface area contributed by atoms with Crippen LogP contribution in [0.4, 0.5) is 4.39 Å². The van der Waals surface area contributed by atoms with Crippen LogP contribution < -0.4 is 5.32 Å². The van der Waals surface area contributed by atoms with Gasteiger partial charge in [-0.3, -0.25) is 4.79 Å². The summed E-state index contributed by atoms with van der Waals surface area (Å²) in [6.07, 6.45) is 2.46. The van der Waals surface area contributed by atoms with Crippen molar-refractivity contribution in [2.45, 2.75) is 25.8 Å². The monoisotopic (exact) mass is 328 g/mol. The van der Waals surface area contributed by atoms with E-state index in [-0.39, 0.29) is 11.9 Å². The van der Waals surface area contributed by atoms with E-state index < -0.39 is 5.82 Å². The Hall–Kier alpha value is -0.940. The summed E-state index contributed by atoms with van der Waals surface area (Å²) in [5, 5.41) is 2.91. The zero-order valence-corrected chi connectivity index (χ0v) is 12.5. The summed E-state index contributed by atoms with van der Waals surface area (Å²) in [7, 11) is 0. The molecule has 104 valence electrons. The van der Waals surface area contributed by atoms with Gasteiger partial charge in [-0.05, 0) is 67.0 Å². The van der Waals surface area contributed by atoms with E-state index in [0.717, 1.165) is 19.6 Å². The van der Waals surface area contributed by atoms with Crippen molar-refractivity contribution in [3.05, 3.63) is 34.1 Å². The van der Waals surface area contributed by atoms with Crippen molar-refractivity contribution in [1.29, 1.82) is 0 Å². The molecule has 1 fully saturated rings. The molecule has 1 aromatic rings. The number of likely N-dealkylation sites (tertiary alicyclic amines) is 1. The van der Waals surface area contributed by atoms with Gasteiger partial charge in [0.1, 0.15) is 5.82 Å². The van der Waals surface area contributed by atoms with E-state index in [9.17, 15) is 9.18 Å². The fourth-order valence-corrected chi connectivity index (χ4v) is 2.80. The first kappa shape index (κ1) is 14.5. The Kier molecular flexibility index (Phi) is 4.93. The number of carbonyl (C=O) groups excluding carboxylic acids is 1. The van der Waals surface area contributed by atoms with Gasteiger partial charge in [-0.25, -0.2) is 4.39 Å². The second kappa shape index (κ2) is 6.48. The van der Waals surface area contributed by atoms with E-state index in [2.05, 4.69) is 26.1 Å². The first-order chi connectivity index (χ1) is 9.06. The van der Waals surface area contributed by atoms with Gasteiger partial charge >= 0.3 is 0 Å². The number of benzene rings is 1. The van der Waals surface area contributed by atoms with Crippen molar-refractivity contribution in [1.82, 2.24) is 10.2 Å². The third-order valence-corrected chi connectivity index (χ3v) is 3.97. The molecule has 19 heavy (non-hydrogen) atoms. The van der Waals surface area contributed by atoms with Gasteiger partial charge in [0.25, 0.3) is 5.91 Å². The predicted molar refractivity (Wildman–Crippen MR) is 76.7 cm³/mol. The van der Waals surface area contributed by atoms with Crippen LogP contribution in [-0.2, 0) is 0 Å². The van der Waals surface area contributed by atoms with Gasteiger partial charge in [0.2, 0.25) is 0 Å². The average Bonchev–Trinajstić information content (AvgIpc) is 2.84. The number of halogens is 2. The van der Waals surface area contributed by atoms with Gasteiger partial charge in [0, 0.05) is 17.1 Å². The van der Waals surface area contributed by atoms with Gasteiger partial charge in [-0.1, -0.05) is 0 Å². The summed E-state index contributed by atoms with van der Waals surface area (Å²) in [6, 6.07) is 4.19. The lowest BCUT2D eigenvalue weighted by molar-refractivity contribution is 0.0930. The Morgan fingerprint density at radius 2 is 2.16 bits per heavy atom. The number of hydrogen-bond acceptors (Lipinski definition) is 2. The molecule has 1 unspecified atom stereocenters. The van der Waals surface area contributed by atoms with Crippen LogP contribution in [0.5, 0.6) is 0 Å². The van der Waals surface area contributed by atoms with E-state index in [1.807, 2.05) is 6.92 Å². The number of nitrogens with zero attached hydrogens (tertiary/aromatic N) is 1. The Balaban J connectivity index is 1.94. The van der Waals surface area contributed by atoms with Gasteiger partial charge < -0.3 is 10.2 Å². The highest BCUT2D eigenvalue weighted by atomic mass is 79.9. The predicted octanol–water partition coefficient (Wildman–Crippen LogP) is 2.80. The molecule has 1 aromatic carbocycles. The van der Waals surface area contributed by atoms with E-state index in [0.29, 0.717) is 10.0 Å². The number of rotatable bonds is 4. The Morgan fingerprint density at radius 1 is 1.47 bits per heavy atom.